The molecule has 0 aliphatic heterocycles. The van der Waals surface area contributed by atoms with Crippen LogP contribution in [0, 0.1) is 0 Å². The second-order valence-corrected chi connectivity index (χ2v) is 2.66. The quantitative estimate of drug-likeness (QED) is 0.662. The molecule has 0 amide bonds. The summed E-state index contributed by atoms with van der Waals surface area (Å²) in [6.45, 7) is 2.61. The minimum Gasteiger partial charge on any atom is -0.266 e. The van der Waals surface area contributed by atoms with Crippen molar-refractivity contribution in [2.45, 2.75) is 19.9 Å². The largest absolute Gasteiger partial charge is 0.346 e. The summed E-state index contributed by atoms with van der Waals surface area (Å²) in [6, 6.07) is 0. The first kappa shape index (κ1) is 8.33. The van der Waals surface area contributed by atoms with E-state index in [0.717, 1.165) is 6.42 Å². The third-order valence-corrected chi connectivity index (χ3v) is 1.69. The van der Waals surface area contributed by atoms with Gasteiger partial charge in [0.25, 0.3) is 0 Å². The van der Waals surface area contributed by atoms with Gasteiger partial charge >= 0.3 is 5.69 Å². The average Bonchev–Trinajstić information content (AvgIpc) is 2.17. The molecule has 1 aromatic heterocycles. The van der Waals surface area contributed by atoms with Gasteiger partial charge in [0, 0.05) is 13.6 Å². The van der Waals surface area contributed by atoms with Crippen molar-refractivity contribution >= 4 is 11.6 Å². The van der Waals surface area contributed by atoms with E-state index in [1.807, 2.05) is 6.92 Å². The van der Waals surface area contributed by atoms with E-state index in [1.165, 1.54) is 9.25 Å². The SMILES string of the molecule is CCCn1c(Cl)nn(C)c1=O. The lowest BCUT2D eigenvalue weighted by molar-refractivity contribution is 0.633. The number of aryl methyl sites for hydroxylation is 1. The molecule has 0 aliphatic carbocycles. The molecule has 0 radical (unpaired) electrons. The minimum atomic E-state index is -0.156. The second kappa shape index (κ2) is 3.09. The number of hydrogen-bond donors (Lipinski definition) is 0. The van der Waals surface area contributed by atoms with Crippen molar-refractivity contribution in [3.05, 3.63) is 15.8 Å². The number of halogens is 1. The molecule has 1 aromatic rings. The Balaban J connectivity index is 3.12. The summed E-state index contributed by atoms with van der Waals surface area (Å²) in [5, 5.41) is 4.03. The van der Waals surface area contributed by atoms with E-state index >= 15 is 0 Å². The molecular formula is C6H10ClN3O. The van der Waals surface area contributed by atoms with Crippen LogP contribution in [0.3, 0.4) is 0 Å². The smallest absolute Gasteiger partial charge is 0.266 e. The molecule has 0 saturated heterocycles. The van der Waals surface area contributed by atoms with Gasteiger partial charge in [0.2, 0.25) is 5.28 Å². The summed E-state index contributed by atoms with van der Waals surface area (Å²) >= 11 is 5.66. The van der Waals surface area contributed by atoms with Gasteiger partial charge in [0.1, 0.15) is 0 Å². The molecule has 0 spiro atoms. The molecule has 1 rings (SSSR count). The summed E-state index contributed by atoms with van der Waals surface area (Å²) in [4.78, 5) is 11.2. The van der Waals surface area contributed by atoms with Crippen LogP contribution in [0.5, 0.6) is 0 Å². The Morgan fingerprint density at radius 3 is 2.64 bits per heavy atom. The Kier molecular flexibility index (Phi) is 2.34. The Hall–Kier alpha value is -0.770. The van der Waals surface area contributed by atoms with Gasteiger partial charge in [-0.15, -0.1) is 5.10 Å². The van der Waals surface area contributed by atoms with Crippen molar-refractivity contribution in [3.8, 4) is 0 Å². The summed E-state index contributed by atoms with van der Waals surface area (Å²) in [7, 11) is 1.58. The summed E-state index contributed by atoms with van der Waals surface area (Å²) in [6.07, 6.45) is 0.880. The third kappa shape index (κ3) is 1.45. The van der Waals surface area contributed by atoms with Crippen molar-refractivity contribution in [3.63, 3.8) is 0 Å². The second-order valence-electron chi connectivity index (χ2n) is 2.33. The highest BCUT2D eigenvalue weighted by Crippen LogP contribution is 2.00. The molecule has 11 heavy (non-hydrogen) atoms. The van der Waals surface area contributed by atoms with Gasteiger partial charge < -0.3 is 0 Å². The van der Waals surface area contributed by atoms with Gasteiger partial charge in [-0.3, -0.25) is 4.57 Å². The molecule has 0 fully saturated rings. The Bertz CT molecular complexity index is 301. The van der Waals surface area contributed by atoms with Crippen molar-refractivity contribution in [2.75, 3.05) is 0 Å². The molecule has 0 aromatic carbocycles. The van der Waals surface area contributed by atoms with Crippen LogP contribution in [0.2, 0.25) is 5.28 Å². The van der Waals surface area contributed by atoms with Gasteiger partial charge in [-0.2, -0.15) is 0 Å². The maximum absolute atomic E-state index is 11.2. The molecule has 62 valence electrons. The third-order valence-electron chi connectivity index (χ3n) is 1.41. The molecule has 0 atom stereocenters. The summed E-state index contributed by atoms with van der Waals surface area (Å²) in [5.41, 5.74) is -0.156. The lowest BCUT2D eigenvalue weighted by atomic mass is 10.5. The van der Waals surface area contributed by atoms with E-state index in [0.29, 0.717) is 6.54 Å². The number of nitrogens with zero attached hydrogens (tertiary/aromatic N) is 3. The predicted octanol–water partition coefficient (Wildman–Crippen LogP) is 0.645. The topological polar surface area (TPSA) is 39.8 Å². The molecule has 0 bridgehead atoms. The monoisotopic (exact) mass is 175 g/mol. The number of aromatic nitrogens is 3. The maximum atomic E-state index is 11.2. The lowest BCUT2D eigenvalue weighted by Gasteiger charge is -1.94. The normalized spacial score (nSPS) is 10.5. The van der Waals surface area contributed by atoms with Crippen LogP contribution in [0.4, 0.5) is 0 Å². The highest BCUT2D eigenvalue weighted by molar-refractivity contribution is 6.28. The number of rotatable bonds is 2. The van der Waals surface area contributed by atoms with Crippen LogP contribution in [0.15, 0.2) is 4.79 Å². The van der Waals surface area contributed by atoms with Gasteiger partial charge in [-0.05, 0) is 18.0 Å². The minimum absolute atomic E-state index is 0.156. The first-order chi connectivity index (χ1) is 5.16. The summed E-state index contributed by atoms with van der Waals surface area (Å²) < 4.78 is 2.68. The fourth-order valence-electron chi connectivity index (χ4n) is 0.886. The zero-order chi connectivity index (χ0) is 8.43. The maximum Gasteiger partial charge on any atom is 0.346 e. The zero-order valence-corrected chi connectivity index (χ0v) is 7.30. The van der Waals surface area contributed by atoms with E-state index in [4.69, 9.17) is 11.6 Å². The van der Waals surface area contributed by atoms with Gasteiger partial charge in [-0.25, -0.2) is 9.48 Å². The first-order valence-electron chi connectivity index (χ1n) is 3.46. The van der Waals surface area contributed by atoms with Gasteiger partial charge in [0.05, 0.1) is 0 Å². The van der Waals surface area contributed by atoms with E-state index in [1.54, 1.807) is 7.05 Å². The first-order valence-corrected chi connectivity index (χ1v) is 3.84. The molecular weight excluding hydrogens is 166 g/mol. The van der Waals surface area contributed by atoms with Crippen molar-refractivity contribution in [2.24, 2.45) is 7.05 Å². The van der Waals surface area contributed by atoms with E-state index in [9.17, 15) is 4.79 Å². The Morgan fingerprint density at radius 1 is 1.64 bits per heavy atom. The Labute approximate surface area is 69.4 Å². The van der Waals surface area contributed by atoms with Gasteiger partial charge in [-0.1, -0.05) is 6.92 Å². The van der Waals surface area contributed by atoms with Crippen LogP contribution in [-0.2, 0) is 13.6 Å². The molecule has 0 saturated carbocycles. The van der Waals surface area contributed by atoms with Crippen molar-refractivity contribution < 1.29 is 0 Å². The highest BCUT2D eigenvalue weighted by Gasteiger charge is 2.06. The molecule has 0 unspecified atom stereocenters. The number of hydrogen-bond acceptors (Lipinski definition) is 2. The van der Waals surface area contributed by atoms with Crippen LogP contribution in [0.25, 0.3) is 0 Å². The Morgan fingerprint density at radius 2 is 2.27 bits per heavy atom. The highest BCUT2D eigenvalue weighted by atomic mass is 35.5. The van der Waals surface area contributed by atoms with Crippen LogP contribution in [-0.4, -0.2) is 14.3 Å². The average molecular weight is 176 g/mol. The van der Waals surface area contributed by atoms with Crippen LogP contribution >= 0.6 is 11.6 Å². The summed E-state index contributed by atoms with van der Waals surface area (Å²) in [5.74, 6) is 0. The van der Waals surface area contributed by atoms with E-state index in [-0.39, 0.29) is 11.0 Å². The molecule has 0 aliphatic rings. The molecule has 1 heterocycles. The predicted molar refractivity (Wildman–Crippen MR) is 42.8 cm³/mol. The van der Waals surface area contributed by atoms with Crippen molar-refractivity contribution in [1.82, 2.24) is 14.3 Å². The fourth-order valence-corrected chi connectivity index (χ4v) is 1.16. The fraction of sp³-hybridized carbons (Fsp3) is 0.667. The van der Waals surface area contributed by atoms with E-state index in [2.05, 4.69) is 5.10 Å². The molecule has 0 N–H and O–H groups in total. The molecule has 4 nitrogen and oxygen atoms in total. The van der Waals surface area contributed by atoms with E-state index < -0.39 is 0 Å². The van der Waals surface area contributed by atoms with Crippen molar-refractivity contribution in [1.29, 1.82) is 0 Å². The van der Waals surface area contributed by atoms with Gasteiger partial charge in [0.15, 0.2) is 0 Å². The standard InChI is InChI=1S/C6H10ClN3O/c1-3-4-10-5(7)8-9(2)6(10)11/h3-4H2,1-2H3. The van der Waals surface area contributed by atoms with Crippen LogP contribution in [0.1, 0.15) is 13.3 Å². The zero-order valence-electron chi connectivity index (χ0n) is 6.54. The molecule has 5 heteroatoms. The van der Waals surface area contributed by atoms with Crippen LogP contribution < -0.4 is 5.69 Å². The lowest BCUT2D eigenvalue weighted by Crippen LogP contribution is -2.22.